The number of amides is 2. The number of methoxy groups -OCH3 is 1. The second-order valence-corrected chi connectivity index (χ2v) is 6.49. The largest absolute Gasteiger partial charge is 0.491 e. The molecule has 2 aromatic rings. The first-order valence-electron chi connectivity index (χ1n) is 9.49. The standard InChI is InChI=1S/C22H26N2O7/c1-15-3-7-17(8-4-15)23-22(27)31-21(19(29-2)11-12-20(26)24-28)16-5-9-18(10-6-16)30-14-13-25/h3-12,19,21,25,28H,13-14H2,1-2H3,(H,23,27)(H,24,26)/b12-11+/t19-,21-/m0/s1. The van der Waals surface area contributed by atoms with E-state index in [1.807, 2.05) is 19.1 Å². The van der Waals surface area contributed by atoms with Gasteiger partial charge in [0.2, 0.25) is 0 Å². The lowest BCUT2D eigenvalue weighted by Gasteiger charge is -2.24. The Labute approximate surface area is 180 Å². The van der Waals surface area contributed by atoms with Crippen LogP contribution in [0.1, 0.15) is 17.2 Å². The van der Waals surface area contributed by atoms with E-state index in [1.165, 1.54) is 18.7 Å². The number of nitrogens with one attached hydrogen (secondary N) is 2. The van der Waals surface area contributed by atoms with Crippen molar-refractivity contribution in [1.82, 2.24) is 5.48 Å². The fourth-order valence-corrected chi connectivity index (χ4v) is 2.66. The Balaban J connectivity index is 2.23. The van der Waals surface area contributed by atoms with Crippen LogP contribution in [0.3, 0.4) is 0 Å². The van der Waals surface area contributed by atoms with Crippen LogP contribution in [0, 0.1) is 6.92 Å². The Morgan fingerprint density at radius 1 is 1.10 bits per heavy atom. The monoisotopic (exact) mass is 430 g/mol. The fraction of sp³-hybridized carbons (Fsp3) is 0.273. The highest BCUT2D eigenvalue weighted by Crippen LogP contribution is 2.27. The molecule has 0 saturated carbocycles. The summed E-state index contributed by atoms with van der Waals surface area (Å²) in [4.78, 5) is 23.9. The number of aryl methyl sites for hydroxylation is 1. The zero-order valence-electron chi connectivity index (χ0n) is 17.3. The number of aliphatic hydroxyl groups excluding tert-OH is 1. The molecule has 0 bridgehead atoms. The molecule has 0 spiro atoms. The first-order chi connectivity index (χ1) is 15.0. The molecular weight excluding hydrogens is 404 g/mol. The maximum atomic E-state index is 12.5. The third kappa shape index (κ3) is 7.74. The Morgan fingerprint density at radius 2 is 1.77 bits per heavy atom. The first kappa shape index (κ1) is 23.9. The van der Waals surface area contributed by atoms with Gasteiger partial charge in [0.1, 0.15) is 18.5 Å². The highest BCUT2D eigenvalue weighted by molar-refractivity contribution is 5.86. The molecule has 2 aromatic carbocycles. The Bertz CT molecular complexity index is 866. The van der Waals surface area contributed by atoms with E-state index >= 15 is 0 Å². The van der Waals surface area contributed by atoms with Crippen LogP contribution < -0.4 is 15.5 Å². The number of hydroxylamine groups is 1. The van der Waals surface area contributed by atoms with Gasteiger partial charge in [0.05, 0.1) is 6.61 Å². The molecular formula is C22H26N2O7. The van der Waals surface area contributed by atoms with Crippen molar-refractivity contribution in [3.8, 4) is 5.75 Å². The zero-order chi connectivity index (χ0) is 22.6. The molecule has 4 N–H and O–H groups in total. The van der Waals surface area contributed by atoms with Gasteiger partial charge in [-0.05, 0) is 42.8 Å². The van der Waals surface area contributed by atoms with E-state index in [9.17, 15) is 9.59 Å². The molecule has 0 fully saturated rings. The quantitative estimate of drug-likeness (QED) is 0.259. The van der Waals surface area contributed by atoms with E-state index in [0.29, 0.717) is 17.0 Å². The predicted octanol–water partition coefficient (Wildman–Crippen LogP) is 2.73. The summed E-state index contributed by atoms with van der Waals surface area (Å²) in [6, 6.07) is 13.9. The first-order valence-corrected chi connectivity index (χ1v) is 9.49. The van der Waals surface area contributed by atoms with Gasteiger partial charge in [0, 0.05) is 18.9 Å². The third-order valence-electron chi connectivity index (χ3n) is 4.22. The molecule has 0 aromatic heterocycles. The van der Waals surface area contributed by atoms with E-state index in [4.69, 9.17) is 24.5 Å². The minimum Gasteiger partial charge on any atom is -0.491 e. The van der Waals surface area contributed by atoms with Crippen molar-refractivity contribution < 1.29 is 34.1 Å². The van der Waals surface area contributed by atoms with Crippen LogP contribution in [-0.4, -0.2) is 48.7 Å². The summed E-state index contributed by atoms with van der Waals surface area (Å²) >= 11 is 0. The minimum absolute atomic E-state index is 0.115. The summed E-state index contributed by atoms with van der Waals surface area (Å²) in [5.41, 5.74) is 3.68. The van der Waals surface area contributed by atoms with Gasteiger partial charge in [-0.1, -0.05) is 29.8 Å². The highest BCUT2D eigenvalue weighted by atomic mass is 16.6. The van der Waals surface area contributed by atoms with Crippen molar-refractivity contribution in [3.05, 3.63) is 71.8 Å². The lowest BCUT2D eigenvalue weighted by atomic mass is 10.0. The van der Waals surface area contributed by atoms with Crippen molar-refractivity contribution in [3.63, 3.8) is 0 Å². The van der Waals surface area contributed by atoms with Crippen LogP contribution in [0.5, 0.6) is 5.75 Å². The molecule has 0 unspecified atom stereocenters. The lowest BCUT2D eigenvalue weighted by molar-refractivity contribution is -0.124. The van der Waals surface area contributed by atoms with Gasteiger partial charge in [0.25, 0.3) is 5.91 Å². The Kier molecular flexibility index (Phi) is 9.50. The van der Waals surface area contributed by atoms with Crippen molar-refractivity contribution in [1.29, 1.82) is 0 Å². The van der Waals surface area contributed by atoms with Crippen LogP contribution in [0.25, 0.3) is 0 Å². The molecule has 0 heterocycles. The van der Waals surface area contributed by atoms with Crippen molar-refractivity contribution in [2.75, 3.05) is 25.6 Å². The SMILES string of the molecule is CO[C@@H](/C=C/C(=O)NO)[C@@H](OC(=O)Nc1ccc(C)cc1)c1ccc(OCCO)cc1. The number of aliphatic hydroxyl groups is 1. The normalized spacial score (nSPS) is 12.8. The number of benzene rings is 2. The predicted molar refractivity (Wildman–Crippen MR) is 113 cm³/mol. The van der Waals surface area contributed by atoms with Gasteiger partial charge in [0.15, 0.2) is 6.10 Å². The Hall–Kier alpha value is -3.40. The van der Waals surface area contributed by atoms with Crippen LogP contribution >= 0.6 is 0 Å². The van der Waals surface area contributed by atoms with E-state index < -0.39 is 24.2 Å². The molecule has 9 nitrogen and oxygen atoms in total. The fourth-order valence-electron chi connectivity index (χ4n) is 2.66. The molecule has 9 heteroatoms. The summed E-state index contributed by atoms with van der Waals surface area (Å²) in [5.74, 6) is -0.220. The second-order valence-electron chi connectivity index (χ2n) is 6.49. The van der Waals surface area contributed by atoms with Crippen LogP contribution in [0.2, 0.25) is 0 Å². The zero-order valence-corrected chi connectivity index (χ0v) is 17.3. The molecule has 0 aliphatic rings. The number of anilines is 1. The van der Waals surface area contributed by atoms with E-state index in [1.54, 1.807) is 36.4 Å². The molecule has 0 radical (unpaired) electrons. The van der Waals surface area contributed by atoms with Crippen LogP contribution in [-0.2, 0) is 14.3 Å². The van der Waals surface area contributed by atoms with E-state index in [-0.39, 0.29) is 13.2 Å². The van der Waals surface area contributed by atoms with Gasteiger partial charge < -0.3 is 19.3 Å². The van der Waals surface area contributed by atoms with Gasteiger partial charge in [-0.3, -0.25) is 15.3 Å². The maximum Gasteiger partial charge on any atom is 0.412 e. The maximum absolute atomic E-state index is 12.5. The average molecular weight is 430 g/mol. The number of rotatable bonds is 10. The Morgan fingerprint density at radius 3 is 2.35 bits per heavy atom. The van der Waals surface area contributed by atoms with E-state index in [0.717, 1.165) is 11.6 Å². The molecule has 2 rings (SSSR count). The highest BCUT2D eigenvalue weighted by Gasteiger charge is 2.26. The van der Waals surface area contributed by atoms with E-state index in [2.05, 4.69) is 5.32 Å². The molecule has 2 atom stereocenters. The summed E-state index contributed by atoms with van der Waals surface area (Å²) in [6.45, 7) is 1.97. The van der Waals surface area contributed by atoms with Gasteiger partial charge in [-0.15, -0.1) is 0 Å². The molecule has 31 heavy (non-hydrogen) atoms. The summed E-state index contributed by atoms with van der Waals surface area (Å²) < 4.78 is 16.4. The third-order valence-corrected chi connectivity index (χ3v) is 4.22. The number of carbonyl (C=O) groups excluding carboxylic acids is 2. The van der Waals surface area contributed by atoms with Crippen LogP contribution in [0.4, 0.5) is 10.5 Å². The minimum atomic E-state index is -0.912. The van der Waals surface area contributed by atoms with Crippen molar-refractivity contribution in [2.24, 2.45) is 0 Å². The van der Waals surface area contributed by atoms with Gasteiger partial charge in [-0.2, -0.15) is 0 Å². The summed E-state index contributed by atoms with van der Waals surface area (Å²) in [7, 11) is 1.40. The molecule has 2 amide bonds. The van der Waals surface area contributed by atoms with Gasteiger partial charge in [-0.25, -0.2) is 10.3 Å². The molecule has 166 valence electrons. The molecule has 0 saturated heterocycles. The summed E-state index contributed by atoms with van der Waals surface area (Å²) in [6.07, 6.45) is -0.0148. The van der Waals surface area contributed by atoms with Gasteiger partial charge >= 0.3 is 6.09 Å². The smallest absolute Gasteiger partial charge is 0.412 e. The average Bonchev–Trinajstić information content (AvgIpc) is 2.79. The number of ether oxygens (including phenoxy) is 3. The molecule has 0 aliphatic carbocycles. The van der Waals surface area contributed by atoms with Crippen molar-refractivity contribution in [2.45, 2.75) is 19.1 Å². The number of hydrogen-bond donors (Lipinski definition) is 4. The number of hydrogen-bond acceptors (Lipinski definition) is 7. The number of carbonyl (C=O) groups is 2. The molecule has 0 aliphatic heterocycles. The summed E-state index contributed by atoms with van der Waals surface area (Å²) in [5, 5.41) is 20.2. The second kappa shape index (κ2) is 12.3. The lowest BCUT2D eigenvalue weighted by Crippen LogP contribution is -2.27. The van der Waals surface area contributed by atoms with Crippen LogP contribution in [0.15, 0.2) is 60.7 Å². The topological polar surface area (TPSA) is 126 Å². The van der Waals surface area contributed by atoms with Crippen molar-refractivity contribution >= 4 is 17.7 Å².